The molecule has 0 spiro atoms. The monoisotopic (exact) mass is 228 g/mol. The zero-order valence-electron chi connectivity index (χ0n) is 9.82. The molecule has 0 radical (unpaired) electrons. The Hall–Kier alpha value is 0.270. The first kappa shape index (κ1) is 11.7. The van der Waals surface area contributed by atoms with Crippen molar-refractivity contribution in [2.75, 3.05) is 25.4 Å². The lowest BCUT2D eigenvalue weighted by atomic mass is 9.86. The summed E-state index contributed by atoms with van der Waals surface area (Å²) in [6, 6.07) is 0.486. The van der Waals surface area contributed by atoms with Gasteiger partial charge in [-0.2, -0.15) is 11.8 Å². The first-order chi connectivity index (χ1) is 7.24. The Balaban J connectivity index is 1.75. The number of hydrogen-bond acceptors (Lipinski definition) is 3. The summed E-state index contributed by atoms with van der Waals surface area (Å²) in [4.78, 5) is 2.66. The summed E-state index contributed by atoms with van der Waals surface area (Å²) < 4.78 is 0. The zero-order valence-corrected chi connectivity index (χ0v) is 10.6. The summed E-state index contributed by atoms with van der Waals surface area (Å²) in [5.74, 6) is 2.20. The summed E-state index contributed by atoms with van der Waals surface area (Å²) in [7, 11) is 0. The van der Waals surface area contributed by atoms with Crippen LogP contribution in [0.2, 0.25) is 0 Å². The van der Waals surface area contributed by atoms with Crippen molar-refractivity contribution in [3.05, 3.63) is 0 Å². The lowest BCUT2D eigenvalue weighted by Gasteiger charge is -2.35. The Morgan fingerprint density at radius 3 is 3.00 bits per heavy atom. The summed E-state index contributed by atoms with van der Waals surface area (Å²) in [6.45, 7) is 6.24. The van der Waals surface area contributed by atoms with Gasteiger partial charge in [0.2, 0.25) is 0 Å². The molecule has 3 unspecified atom stereocenters. The SMILES string of the molecule is CC1CN(CC2CCCC(N)C2)CCS1. The van der Waals surface area contributed by atoms with Gasteiger partial charge in [-0.3, -0.25) is 0 Å². The van der Waals surface area contributed by atoms with Crippen molar-refractivity contribution in [2.24, 2.45) is 11.7 Å². The van der Waals surface area contributed by atoms with Crippen molar-refractivity contribution in [2.45, 2.75) is 43.9 Å². The second-order valence-electron chi connectivity index (χ2n) is 5.23. The first-order valence-corrected chi connectivity index (χ1v) is 7.38. The van der Waals surface area contributed by atoms with E-state index >= 15 is 0 Å². The van der Waals surface area contributed by atoms with Crippen LogP contribution >= 0.6 is 11.8 Å². The highest BCUT2D eigenvalue weighted by atomic mass is 32.2. The van der Waals surface area contributed by atoms with Crippen LogP contribution < -0.4 is 5.73 Å². The second kappa shape index (κ2) is 5.55. The summed E-state index contributed by atoms with van der Waals surface area (Å²) in [6.07, 6.45) is 5.27. The molecule has 1 aliphatic carbocycles. The largest absolute Gasteiger partial charge is 0.328 e. The quantitative estimate of drug-likeness (QED) is 0.783. The molecule has 3 heteroatoms. The molecule has 88 valence electrons. The van der Waals surface area contributed by atoms with Crippen LogP contribution in [0.5, 0.6) is 0 Å². The van der Waals surface area contributed by atoms with Gasteiger partial charge in [0.15, 0.2) is 0 Å². The molecule has 2 N–H and O–H groups in total. The molecule has 0 aromatic carbocycles. The van der Waals surface area contributed by atoms with Crippen molar-refractivity contribution in [1.29, 1.82) is 0 Å². The topological polar surface area (TPSA) is 29.3 Å². The molecule has 2 rings (SSSR count). The van der Waals surface area contributed by atoms with E-state index < -0.39 is 0 Å². The average molecular weight is 228 g/mol. The van der Waals surface area contributed by atoms with E-state index in [0.29, 0.717) is 6.04 Å². The highest BCUT2D eigenvalue weighted by Crippen LogP contribution is 2.26. The number of thioether (sulfide) groups is 1. The Labute approximate surface area is 98.0 Å². The predicted molar refractivity (Wildman–Crippen MR) is 68.3 cm³/mol. The minimum atomic E-state index is 0.486. The normalized spacial score (nSPS) is 39.2. The van der Waals surface area contributed by atoms with E-state index in [2.05, 4.69) is 23.6 Å². The lowest BCUT2D eigenvalue weighted by molar-refractivity contribution is 0.198. The summed E-state index contributed by atoms with van der Waals surface area (Å²) in [5.41, 5.74) is 6.03. The molecule has 0 bridgehead atoms. The van der Waals surface area contributed by atoms with Gasteiger partial charge in [-0.1, -0.05) is 13.3 Å². The Bertz CT molecular complexity index is 178. The van der Waals surface area contributed by atoms with E-state index in [1.165, 1.54) is 51.1 Å². The third-order valence-electron chi connectivity index (χ3n) is 3.66. The van der Waals surface area contributed by atoms with Crippen molar-refractivity contribution in [3.8, 4) is 0 Å². The number of hydrogen-bond donors (Lipinski definition) is 1. The Kier molecular flexibility index (Phi) is 4.35. The maximum absolute atomic E-state index is 6.03. The van der Waals surface area contributed by atoms with Crippen molar-refractivity contribution < 1.29 is 0 Å². The molecule has 15 heavy (non-hydrogen) atoms. The van der Waals surface area contributed by atoms with E-state index in [0.717, 1.165) is 11.2 Å². The third kappa shape index (κ3) is 3.65. The second-order valence-corrected chi connectivity index (χ2v) is 6.78. The van der Waals surface area contributed by atoms with Crippen molar-refractivity contribution in [1.82, 2.24) is 4.90 Å². The maximum Gasteiger partial charge on any atom is 0.0147 e. The molecule has 1 aliphatic heterocycles. The highest BCUT2D eigenvalue weighted by Gasteiger charge is 2.23. The zero-order chi connectivity index (χ0) is 10.7. The fourth-order valence-electron chi connectivity index (χ4n) is 2.92. The number of rotatable bonds is 2. The van der Waals surface area contributed by atoms with Crippen molar-refractivity contribution >= 4 is 11.8 Å². The third-order valence-corrected chi connectivity index (χ3v) is 4.80. The molecule has 0 amide bonds. The fraction of sp³-hybridized carbons (Fsp3) is 1.00. The highest BCUT2D eigenvalue weighted by molar-refractivity contribution is 7.99. The van der Waals surface area contributed by atoms with Crippen LogP contribution in [0.25, 0.3) is 0 Å². The molecule has 0 aromatic rings. The average Bonchev–Trinajstić information content (AvgIpc) is 2.17. The van der Waals surface area contributed by atoms with Gasteiger partial charge in [-0.05, 0) is 25.2 Å². The minimum Gasteiger partial charge on any atom is -0.328 e. The van der Waals surface area contributed by atoms with Crippen LogP contribution in [0.3, 0.4) is 0 Å². The van der Waals surface area contributed by atoms with Gasteiger partial charge >= 0.3 is 0 Å². The van der Waals surface area contributed by atoms with E-state index in [4.69, 9.17) is 5.73 Å². The van der Waals surface area contributed by atoms with E-state index in [1.54, 1.807) is 0 Å². The van der Waals surface area contributed by atoms with Gasteiger partial charge in [-0.25, -0.2) is 0 Å². The Morgan fingerprint density at radius 1 is 1.40 bits per heavy atom. The molecule has 2 fully saturated rings. The van der Waals surface area contributed by atoms with Crippen LogP contribution in [0.1, 0.15) is 32.6 Å². The molecular formula is C12H24N2S. The van der Waals surface area contributed by atoms with E-state index in [-0.39, 0.29) is 0 Å². The molecule has 1 saturated heterocycles. The van der Waals surface area contributed by atoms with Crippen LogP contribution in [0.15, 0.2) is 0 Å². The van der Waals surface area contributed by atoms with Crippen LogP contribution in [0.4, 0.5) is 0 Å². The molecule has 1 heterocycles. The van der Waals surface area contributed by atoms with E-state index in [1.807, 2.05) is 0 Å². The maximum atomic E-state index is 6.03. The van der Waals surface area contributed by atoms with E-state index in [9.17, 15) is 0 Å². The fourth-order valence-corrected chi connectivity index (χ4v) is 4.00. The first-order valence-electron chi connectivity index (χ1n) is 6.33. The number of nitrogens with two attached hydrogens (primary N) is 1. The number of nitrogens with zero attached hydrogens (tertiary/aromatic N) is 1. The van der Waals surface area contributed by atoms with Crippen LogP contribution in [0, 0.1) is 5.92 Å². The Morgan fingerprint density at radius 2 is 2.27 bits per heavy atom. The molecule has 1 saturated carbocycles. The van der Waals surface area contributed by atoms with Gasteiger partial charge in [0.25, 0.3) is 0 Å². The molecule has 0 aromatic heterocycles. The predicted octanol–water partition coefficient (Wildman–Crippen LogP) is 1.94. The van der Waals surface area contributed by atoms with Gasteiger partial charge in [0.1, 0.15) is 0 Å². The van der Waals surface area contributed by atoms with Gasteiger partial charge in [0.05, 0.1) is 0 Å². The molecule has 3 atom stereocenters. The van der Waals surface area contributed by atoms with Crippen molar-refractivity contribution in [3.63, 3.8) is 0 Å². The lowest BCUT2D eigenvalue weighted by Crippen LogP contribution is -2.41. The summed E-state index contributed by atoms with van der Waals surface area (Å²) in [5, 5.41) is 0.830. The molecular weight excluding hydrogens is 204 g/mol. The smallest absolute Gasteiger partial charge is 0.0147 e. The minimum absolute atomic E-state index is 0.486. The summed E-state index contributed by atoms with van der Waals surface area (Å²) >= 11 is 2.12. The van der Waals surface area contributed by atoms with Crippen LogP contribution in [-0.4, -0.2) is 41.6 Å². The molecule has 2 aliphatic rings. The van der Waals surface area contributed by atoms with Gasteiger partial charge < -0.3 is 10.6 Å². The molecule has 2 nitrogen and oxygen atoms in total. The standard InChI is InChI=1S/C12H24N2S/c1-10-8-14(5-6-15-10)9-11-3-2-4-12(13)7-11/h10-12H,2-9,13H2,1H3. The van der Waals surface area contributed by atoms with Gasteiger partial charge in [0, 0.05) is 36.7 Å². The van der Waals surface area contributed by atoms with Gasteiger partial charge in [-0.15, -0.1) is 0 Å². The van der Waals surface area contributed by atoms with Crippen LogP contribution in [-0.2, 0) is 0 Å².